The van der Waals surface area contributed by atoms with Crippen LogP contribution in [0.1, 0.15) is 24.0 Å². The fraction of sp³-hybridized carbons (Fsp3) is 0.133. The van der Waals surface area contributed by atoms with Crippen LogP contribution in [0.5, 0.6) is 0 Å². The van der Waals surface area contributed by atoms with Crippen molar-refractivity contribution in [3.63, 3.8) is 0 Å². The van der Waals surface area contributed by atoms with E-state index in [9.17, 15) is 25.3 Å². The Morgan fingerprint density at radius 2 is 1.96 bits per heavy atom. The molecule has 0 saturated carbocycles. The number of allylic oxidation sites excluding steroid dienone is 3. The van der Waals surface area contributed by atoms with Gasteiger partial charge in [0.1, 0.15) is 0 Å². The molecule has 2 aromatic heterocycles. The van der Waals surface area contributed by atoms with Crippen molar-refractivity contribution in [1.29, 1.82) is 0 Å². The summed E-state index contributed by atoms with van der Waals surface area (Å²) in [7, 11) is 0. The van der Waals surface area contributed by atoms with Gasteiger partial charge in [-0.15, -0.1) is 0 Å². The molecule has 0 saturated heterocycles. The van der Waals surface area contributed by atoms with Gasteiger partial charge in [0.05, 0.1) is 11.0 Å². The van der Waals surface area contributed by atoms with Gasteiger partial charge in [0.25, 0.3) is 5.71 Å². The first-order chi connectivity index (χ1) is 12.4. The lowest BCUT2D eigenvalue weighted by Gasteiger charge is -2.28. The molecule has 0 aromatic carbocycles. The van der Waals surface area contributed by atoms with E-state index in [0.29, 0.717) is 5.69 Å². The van der Waals surface area contributed by atoms with Crippen LogP contribution < -0.4 is 4.57 Å². The van der Waals surface area contributed by atoms with Crippen LogP contribution in [0.2, 0.25) is 0 Å². The normalized spacial score (nSPS) is 21.0. The number of nitrogens with zero attached hydrogens (tertiary/aromatic N) is 5. The van der Waals surface area contributed by atoms with Crippen LogP contribution in [0.4, 0.5) is 0 Å². The van der Waals surface area contributed by atoms with E-state index in [4.69, 9.17) is 0 Å². The molecule has 1 unspecified atom stereocenters. The Morgan fingerprint density at radius 3 is 2.65 bits per heavy atom. The highest BCUT2D eigenvalue weighted by Crippen LogP contribution is 2.39. The van der Waals surface area contributed by atoms with Crippen molar-refractivity contribution in [3.8, 4) is 0 Å². The van der Waals surface area contributed by atoms with Gasteiger partial charge in [-0.3, -0.25) is 14.9 Å². The molecule has 3 heterocycles. The van der Waals surface area contributed by atoms with Crippen molar-refractivity contribution >= 4 is 17.6 Å². The Kier molecular flexibility index (Phi) is 3.04. The zero-order valence-electron chi connectivity index (χ0n) is 13.1. The second-order valence-corrected chi connectivity index (χ2v) is 5.75. The van der Waals surface area contributed by atoms with Crippen LogP contribution in [-0.2, 0) is 10.3 Å². The van der Waals surface area contributed by atoms with Gasteiger partial charge < -0.3 is 10.4 Å². The number of aromatic nitrogens is 3. The third-order valence-electron chi connectivity index (χ3n) is 4.42. The predicted molar refractivity (Wildman–Crippen MR) is 82.8 cm³/mol. The number of carbonyl (C=O) groups is 1. The van der Waals surface area contributed by atoms with Gasteiger partial charge in [0.2, 0.25) is 22.9 Å². The van der Waals surface area contributed by atoms with E-state index in [1.165, 1.54) is 17.7 Å². The Balaban J connectivity index is 2.21. The molecule has 11 heteroatoms. The lowest BCUT2D eigenvalue weighted by Crippen LogP contribution is -2.68. The van der Waals surface area contributed by atoms with Crippen molar-refractivity contribution in [2.75, 3.05) is 0 Å². The van der Waals surface area contributed by atoms with Gasteiger partial charge >= 0.3 is 11.2 Å². The summed E-state index contributed by atoms with van der Waals surface area (Å²) < 4.78 is 5.99. The molecule has 0 bridgehead atoms. The van der Waals surface area contributed by atoms with Gasteiger partial charge in [-0.25, -0.2) is 4.63 Å². The summed E-state index contributed by atoms with van der Waals surface area (Å²) in [5, 5.41) is 41.7. The minimum Gasteiger partial charge on any atom is -0.612 e. The average molecular weight is 355 g/mol. The molecule has 0 amide bonds. The van der Waals surface area contributed by atoms with Crippen molar-refractivity contribution < 1.29 is 23.8 Å². The molecule has 130 valence electrons. The van der Waals surface area contributed by atoms with Crippen molar-refractivity contribution in [2.24, 2.45) is 0 Å². The molecular weight excluding hydrogens is 346 g/mol. The first-order valence-electron chi connectivity index (χ1n) is 7.34. The summed E-state index contributed by atoms with van der Waals surface area (Å²) in [5.74, 6) is -0.636. The quantitative estimate of drug-likeness (QED) is 0.301. The number of ketones is 1. The molecule has 0 N–H and O–H groups in total. The van der Waals surface area contributed by atoms with Crippen LogP contribution in [-0.4, -0.2) is 31.6 Å². The van der Waals surface area contributed by atoms with E-state index in [0.717, 1.165) is 6.08 Å². The molecule has 11 nitrogen and oxygen atoms in total. The number of nitro groups is 1. The highest BCUT2D eigenvalue weighted by atomic mass is 16.8. The lowest BCUT2D eigenvalue weighted by atomic mass is 9.75. The van der Waals surface area contributed by atoms with E-state index in [1.807, 2.05) is 0 Å². The fourth-order valence-electron chi connectivity index (χ4n) is 3.36. The maximum absolute atomic E-state index is 13.2. The largest absolute Gasteiger partial charge is 0.612 e. The van der Waals surface area contributed by atoms with Gasteiger partial charge in [-0.1, -0.05) is 0 Å². The minimum atomic E-state index is -2.03. The first kappa shape index (κ1) is 15.6. The topological polar surface area (TPSA) is 152 Å². The summed E-state index contributed by atoms with van der Waals surface area (Å²) >= 11 is 0. The number of hydrogen-bond acceptors (Lipinski definition) is 8. The SMILES string of the molecule is CC1=Cc2cccc[n+]2C2(C1=O)C([N+](=O)[O-])=CC(=[N+]([O-])[O-])c1nonc12. The first-order valence-corrected chi connectivity index (χ1v) is 7.34. The van der Waals surface area contributed by atoms with Gasteiger partial charge in [-0.05, 0) is 23.3 Å². The number of carbonyl (C=O) groups excluding carboxylic acids is 1. The van der Waals surface area contributed by atoms with Crippen LogP contribution >= 0.6 is 0 Å². The second kappa shape index (κ2) is 5.05. The van der Waals surface area contributed by atoms with E-state index >= 15 is 0 Å². The molecule has 1 atom stereocenters. The molecule has 4 rings (SSSR count). The number of fused-ring (bicyclic) bond motifs is 4. The molecule has 1 aliphatic carbocycles. The highest BCUT2D eigenvalue weighted by molar-refractivity contribution is 6.14. The zero-order valence-corrected chi connectivity index (χ0v) is 13.1. The van der Waals surface area contributed by atoms with Gasteiger partial charge in [-0.2, -0.15) is 9.47 Å². The van der Waals surface area contributed by atoms with Crippen LogP contribution in [0.15, 0.2) is 46.4 Å². The second-order valence-electron chi connectivity index (χ2n) is 5.75. The smallest absolute Gasteiger partial charge is 0.368 e. The van der Waals surface area contributed by atoms with Crippen LogP contribution in [0.25, 0.3) is 6.08 Å². The molecule has 1 aliphatic heterocycles. The van der Waals surface area contributed by atoms with Gasteiger partial charge in [0.15, 0.2) is 6.20 Å². The van der Waals surface area contributed by atoms with E-state index in [1.54, 1.807) is 24.3 Å². The number of pyridine rings is 1. The molecule has 26 heavy (non-hydrogen) atoms. The highest BCUT2D eigenvalue weighted by Gasteiger charge is 2.68. The summed E-state index contributed by atoms with van der Waals surface area (Å²) in [5.41, 5.74) is -3.25. The number of Topliss-reactive ketones (excluding diaryl/α,β-unsaturated/α-hetero) is 1. The van der Waals surface area contributed by atoms with Crippen LogP contribution in [0.3, 0.4) is 0 Å². The Hall–Kier alpha value is -3.89. The van der Waals surface area contributed by atoms with Crippen LogP contribution in [0, 0.1) is 20.5 Å². The fourth-order valence-corrected chi connectivity index (χ4v) is 3.36. The Labute approximate surface area is 144 Å². The maximum atomic E-state index is 13.2. The van der Waals surface area contributed by atoms with Crippen molar-refractivity contribution in [1.82, 2.24) is 10.3 Å². The third kappa shape index (κ3) is 1.73. The standard InChI is InChI=1S/C15H9N5O6/c1-8-6-9-4-2-3-5-18(9)15(14(8)21)11(20(24)25)7-10(19(22)23)12-13(15)17-26-16-12/h2-7H,1H3. The maximum Gasteiger partial charge on any atom is 0.368 e. The molecule has 2 aromatic rings. The summed E-state index contributed by atoms with van der Waals surface area (Å²) in [4.78, 5) is 23.4. The Bertz CT molecular complexity index is 1080. The zero-order chi connectivity index (χ0) is 18.6. The summed E-state index contributed by atoms with van der Waals surface area (Å²) in [6.07, 6.45) is 3.79. The number of hydrogen-bond donors (Lipinski definition) is 0. The molecule has 1 spiro atoms. The molecule has 0 radical (unpaired) electrons. The van der Waals surface area contributed by atoms with Crippen molar-refractivity contribution in [3.05, 3.63) is 79.4 Å². The number of rotatable bonds is 1. The Morgan fingerprint density at radius 1 is 1.19 bits per heavy atom. The summed E-state index contributed by atoms with van der Waals surface area (Å²) in [6, 6.07) is 4.95. The molecule has 0 fully saturated rings. The lowest BCUT2D eigenvalue weighted by molar-refractivity contribution is -0.748. The third-order valence-corrected chi connectivity index (χ3v) is 4.42. The van der Waals surface area contributed by atoms with E-state index in [2.05, 4.69) is 14.9 Å². The molecule has 2 aliphatic rings. The summed E-state index contributed by atoms with van der Waals surface area (Å²) in [6.45, 7) is 1.51. The van der Waals surface area contributed by atoms with E-state index in [-0.39, 0.29) is 17.0 Å². The predicted octanol–water partition coefficient (Wildman–Crippen LogP) is 0.0581. The average Bonchev–Trinajstić information content (AvgIpc) is 3.09. The van der Waals surface area contributed by atoms with E-state index < -0.39 is 32.6 Å². The minimum absolute atomic E-state index is 0.238. The van der Waals surface area contributed by atoms with Gasteiger partial charge in [0, 0.05) is 23.8 Å². The van der Waals surface area contributed by atoms with Crippen molar-refractivity contribution in [2.45, 2.75) is 12.5 Å². The molecular formula is C15H9N5O6. The monoisotopic (exact) mass is 355 g/mol.